The van der Waals surface area contributed by atoms with E-state index in [-0.39, 0.29) is 18.2 Å². The highest BCUT2D eigenvalue weighted by Gasteiger charge is 2.10. The Morgan fingerprint density at radius 3 is 2.23 bits per heavy atom. The number of benzene rings is 1. The van der Waals surface area contributed by atoms with Crippen LogP contribution in [0, 0.1) is 5.92 Å². The van der Waals surface area contributed by atoms with Crippen LogP contribution in [-0.2, 0) is 6.42 Å². The quantitative estimate of drug-likeness (QED) is 0.268. The van der Waals surface area contributed by atoms with Crippen molar-refractivity contribution in [3.63, 3.8) is 0 Å². The van der Waals surface area contributed by atoms with E-state index in [1.54, 1.807) is 5.56 Å². The van der Waals surface area contributed by atoms with Gasteiger partial charge < -0.3 is 12.9 Å². The zero-order valence-corrected chi connectivity index (χ0v) is 17.9. The molecule has 0 aliphatic heterocycles. The molecule has 1 atom stereocenters. The summed E-state index contributed by atoms with van der Waals surface area (Å²) in [6.07, 6.45) is 10.9. The summed E-state index contributed by atoms with van der Waals surface area (Å²) in [6.45, 7) is 6.92. The normalized spacial score (nSPS) is 12.4. The van der Waals surface area contributed by atoms with Crippen molar-refractivity contribution in [1.29, 1.82) is 0 Å². The van der Waals surface area contributed by atoms with Crippen molar-refractivity contribution in [2.24, 2.45) is 5.92 Å². The molecule has 0 heterocycles. The van der Waals surface area contributed by atoms with Crippen molar-refractivity contribution in [2.45, 2.75) is 82.6 Å². The van der Waals surface area contributed by atoms with Crippen LogP contribution in [0.25, 0.3) is 0 Å². The van der Waals surface area contributed by atoms with Gasteiger partial charge in [0.2, 0.25) is 0 Å². The highest BCUT2D eigenvalue weighted by Crippen LogP contribution is 2.28. The SMILES string of the molecule is CCCC(CCCCC[CH2][Mg][Br])c1ccc(CC(C)C)cc1. The molecule has 0 fully saturated rings. The van der Waals surface area contributed by atoms with E-state index in [0.29, 0.717) is 0 Å². The summed E-state index contributed by atoms with van der Waals surface area (Å²) in [4.78, 5) is 0. The molecule has 1 aromatic rings. The van der Waals surface area contributed by atoms with E-state index in [1.165, 1.54) is 61.5 Å². The van der Waals surface area contributed by atoms with E-state index >= 15 is 0 Å². The third kappa shape index (κ3) is 8.93. The molecule has 122 valence electrons. The largest absolute Gasteiger partial charge is 0.468 e. The Morgan fingerprint density at radius 1 is 0.955 bits per heavy atom. The Bertz CT molecular complexity index is 372. The monoisotopic (exact) mass is 376 g/mol. The molecule has 0 saturated carbocycles. The second-order valence-electron chi connectivity index (χ2n) is 7.07. The van der Waals surface area contributed by atoms with Gasteiger partial charge in [-0.3, -0.25) is 0 Å². The molecule has 1 unspecified atom stereocenters. The van der Waals surface area contributed by atoms with Gasteiger partial charge in [0.15, 0.2) is 0 Å². The van der Waals surface area contributed by atoms with Gasteiger partial charge in [-0.1, -0.05) is 77.1 Å². The molecular weight excluding hydrogens is 344 g/mol. The molecule has 0 nitrogen and oxygen atoms in total. The highest BCUT2D eigenvalue weighted by atomic mass is 79.9. The summed E-state index contributed by atoms with van der Waals surface area (Å²) in [5.74, 6) is 1.53. The lowest BCUT2D eigenvalue weighted by Crippen LogP contribution is -2.00. The lowest BCUT2D eigenvalue weighted by Gasteiger charge is -2.17. The first kappa shape index (κ1) is 20.5. The van der Waals surface area contributed by atoms with E-state index in [1.807, 2.05) is 0 Å². The van der Waals surface area contributed by atoms with Crippen molar-refractivity contribution in [3.8, 4) is 0 Å². The van der Waals surface area contributed by atoms with Gasteiger partial charge in [0, 0.05) is 0 Å². The topological polar surface area (TPSA) is 0 Å². The van der Waals surface area contributed by atoms with Crippen molar-refractivity contribution in [3.05, 3.63) is 35.4 Å². The van der Waals surface area contributed by atoms with Crippen LogP contribution in [0.1, 0.15) is 82.8 Å². The molecule has 1 rings (SSSR count). The smallest absolute Gasteiger partial charge is 0.307 e. The maximum atomic E-state index is 3.65. The molecule has 0 aliphatic carbocycles. The minimum Gasteiger partial charge on any atom is -0.307 e. The summed E-state index contributed by atoms with van der Waals surface area (Å²) in [7, 11) is 0. The Balaban J connectivity index is 2.44. The fourth-order valence-electron chi connectivity index (χ4n) is 3.24. The molecule has 0 saturated heterocycles. The maximum absolute atomic E-state index is 3.65. The first-order valence-corrected chi connectivity index (χ1v) is 14.2. The van der Waals surface area contributed by atoms with E-state index in [9.17, 15) is 0 Å². The van der Waals surface area contributed by atoms with Crippen LogP contribution in [0.3, 0.4) is 0 Å². The molecule has 0 aliphatic rings. The lowest BCUT2D eigenvalue weighted by atomic mass is 9.88. The number of halogens is 1. The van der Waals surface area contributed by atoms with Crippen molar-refractivity contribution in [2.75, 3.05) is 0 Å². The summed E-state index contributed by atoms with van der Waals surface area (Å²) in [5.41, 5.74) is 3.06. The zero-order chi connectivity index (χ0) is 16.2. The number of rotatable bonds is 12. The number of unbranched alkanes of at least 4 members (excludes halogenated alkanes) is 3. The van der Waals surface area contributed by atoms with E-state index in [2.05, 4.69) is 57.9 Å². The third-order valence-electron chi connectivity index (χ3n) is 4.42. The molecule has 0 N–H and O–H groups in total. The first-order chi connectivity index (χ1) is 10.7. The van der Waals surface area contributed by atoms with Gasteiger partial charge >= 0.3 is 18.2 Å². The Labute approximate surface area is 154 Å². The summed E-state index contributed by atoms with van der Waals surface area (Å²) < 4.78 is 1.47. The standard InChI is InChI=1S/C20H33.BrH.Mg/c1-5-7-8-9-11-19(10-6-2)20-14-12-18(13-15-20)16-17(3)4;;/h12-15,17,19H,1,5-11,16H2,2-4H3;1H;/q;;+1/p-1. The lowest BCUT2D eigenvalue weighted by molar-refractivity contribution is 0.521. The van der Waals surface area contributed by atoms with Crippen LogP contribution < -0.4 is 0 Å². The fraction of sp³-hybridized carbons (Fsp3) is 0.700. The van der Waals surface area contributed by atoms with Crippen molar-refractivity contribution in [1.82, 2.24) is 0 Å². The molecule has 0 bridgehead atoms. The van der Waals surface area contributed by atoms with Gasteiger partial charge in [0.1, 0.15) is 0 Å². The van der Waals surface area contributed by atoms with E-state index in [0.717, 1.165) is 11.8 Å². The van der Waals surface area contributed by atoms with Gasteiger partial charge in [0.05, 0.1) is 0 Å². The molecule has 0 spiro atoms. The first-order valence-electron chi connectivity index (χ1n) is 9.32. The molecule has 22 heavy (non-hydrogen) atoms. The molecule has 1 aromatic carbocycles. The van der Waals surface area contributed by atoms with E-state index < -0.39 is 0 Å². The van der Waals surface area contributed by atoms with Gasteiger partial charge in [-0.25, -0.2) is 0 Å². The Kier molecular flexibility index (Phi) is 12.0. The zero-order valence-electron chi connectivity index (χ0n) is 14.9. The van der Waals surface area contributed by atoms with Crippen LogP contribution in [0.2, 0.25) is 4.55 Å². The van der Waals surface area contributed by atoms with Gasteiger partial charge in [-0.2, -0.15) is 0 Å². The van der Waals surface area contributed by atoms with E-state index in [4.69, 9.17) is 0 Å². The molecular formula is C20H33BrMg. The molecule has 0 aromatic heterocycles. The fourth-order valence-corrected chi connectivity index (χ4v) is 4.97. The van der Waals surface area contributed by atoms with Gasteiger partial charge in [0.25, 0.3) is 0 Å². The van der Waals surface area contributed by atoms with Crippen LogP contribution in [-0.4, -0.2) is 18.2 Å². The van der Waals surface area contributed by atoms with Crippen LogP contribution in [0.5, 0.6) is 0 Å². The van der Waals surface area contributed by atoms with Crippen LogP contribution in [0.4, 0.5) is 0 Å². The second-order valence-corrected chi connectivity index (χ2v) is 10.5. The van der Waals surface area contributed by atoms with Crippen molar-refractivity contribution < 1.29 is 0 Å². The highest BCUT2D eigenvalue weighted by molar-refractivity contribution is 9.23. The number of hydrogen-bond donors (Lipinski definition) is 0. The molecule has 0 amide bonds. The summed E-state index contributed by atoms with van der Waals surface area (Å²) in [6, 6.07) is 9.51. The maximum Gasteiger partial charge on any atom is 0.468 e. The van der Waals surface area contributed by atoms with Crippen molar-refractivity contribution >= 4 is 31.1 Å². The second kappa shape index (κ2) is 12.8. The van der Waals surface area contributed by atoms with Gasteiger partial charge in [-0.15, -0.1) is 4.55 Å². The summed E-state index contributed by atoms with van der Waals surface area (Å²) >= 11 is 3.77. The van der Waals surface area contributed by atoms with Crippen LogP contribution >= 0.6 is 12.9 Å². The minimum absolute atomic E-state index is 0.114. The third-order valence-corrected chi connectivity index (χ3v) is 6.87. The predicted octanol–water partition coefficient (Wildman–Crippen LogP) is 7.15. The van der Waals surface area contributed by atoms with Crippen LogP contribution in [0.15, 0.2) is 24.3 Å². The number of hydrogen-bond acceptors (Lipinski definition) is 0. The Hall–Kier alpha value is 0.466. The average Bonchev–Trinajstić information content (AvgIpc) is 2.50. The summed E-state index contributed by atoms with van der Waals surface area (Å²) in [5, 5.41) is 0. The van der Waals surface area contributed by atoms with Gasteiger partial charge in [-0.05, 0) is 42.2 Å². The molecule has 2 heteroatoms. The molecule has 0 radical (unpaired) electrons. The average molecular weight is 378 g/mol. The minimum atomic E-state index is 0.114. The predicted molar refractivity (Wildman–Crippen MR) is 105 cm³/mol. The Morgan fingerprint density at radius 2 is 1.64 bits per heavy atom.